The van der Waals surface area contributed by atoms with Gasteiger partial charge in [-0.3, -0.25) is 0 Å². The maximum Gasteiger partial charge on any atom is 0.237 e. The van der Waals surface area contributed by atoms with Crippen LogP contribution in [0.1, 0.15) is 0 Å². The second-order valence-corrected chi connectivity index (χ2v) is 6.49. The molecule has 0 spiro atoms. The molecule has 0 atom stereocenters. The van der Waals surface area contributed by atoms with Crippen LogP contribution in [0.4, 0.5) is 5.69 Å². The monoisotopic (exact) mass is 214 g/mol. The van der Waals surface area contributed by atoms with E-state index in [1.165, 1.54) is 0 Å². The van der Waals surface area contributed by atoms with Gasteiger partial charge in [-0.15, -0.1) is 0 Å². The molecule has 0 aliphatic rings. The highest BCUT2D eigenvalue weighted by Crippen LogP contribution is 2.35. The van der Waals surface area contributed by atoms with E-state index in [1.54, 1.807) is 33.6 Å². The first-order chi connectivity index (χ1) is 6.49. The van der Waals surface area contributed by atoms with E-state index < -0.39 is 7.14 Å². The van der Waals surface area contributed by atoms with Crippen LogP contribution in [0.5, 0.6) is 5.88 Å². The lowest BCUT2D eigenvalue weighted by Gasteiger charge is -2.10. The molecule has 1 rings (SSSR count). The SMILES string of the molecule is CNc1ccc(P(C)(C)=O)nc1OC. The molecule has 14 heavy (non-hydrogen) atoms. The fourth-order valence-electron chi connectivity index (χ4n) is 1.08. The Morgan fingerprint density at radius 3 is 2.50 bits per heavy atom. The molecular weight excluding hydrogens is 199 g/mol. The van der Waals surface area contributed by atoms with E-state index in [0.717, 1.165) is 5.69 Å². The normalized spacial score (nSPS) is 11.1. The number of anilines is 1. The summed E-state index contributed by atoms with van der Waals surface area (Å²) in [7, 11) is 1.03. The summed E-state index contributed by atoms with van der Waals surface area (Å²) in [6.07, 6.45) is 0. The number of pyridine rings is 1. The fraction of sp³-hybridized carbons (Fsp3) is 0.444. The molecule has 1 aromatic heterocycles. The first kappa shape index (κ1) is 11.1. The van der Waals surface area contributed by atoms with Gasteiger partial charge < -0.3 is 14.6 Å². The van der Waals surface area contributed by atoms with E-state index in [9.17, 15) is 4.57 Å². The van der Waals surface area contributed by atoms with Crippen molar-refractivity contribution in [3.63, 3.8) is 0 Å². The first-order valence-electron chi connectivity index (χ1n) is 4.27. The molecule has 0 radical (unpaired) electrons. The highest BCUT2D eigenvalue weighted by Gasteiger charge is 2.15. The Morgan fingerprint density at radius 1 is 1.43 bits per heavy atom. The van der Waals surface area contributed by atoms with Crippen LogP contribution in [-0.2, 0) is 4.57 Å². The molecule has 0 aromatic carbocycles. The van der Waals surface area contributed by atoms with Crippen molar-refractivity contribution < 1.29 is 9.30 Å². The molecule has 0 saturated carbocycles. The molecule has 0 unspecified atom stereocenters. The first-order valence-corrected chi connectivity index (χ1v) is 6.87. The third-order valence-electron chi connectivity index (χ3n) is 1.86. The van der Waals surface area contributed by atoms with Crippen molar-refractivity contribution in [2.45, 2.75) is 0 Å². The largest absolute Gasteiger partial charge is 0.480 e. The van der Waals surface area contributed by atoms with Crippen LogP contribution in [0.15, 0.2) is 12.1 Å². The predicted octanol–water partition coefficient (Wildman–Crippen LogP) is 1.38. The number of rotatable bonds is 3. The zero-order valence-corrected chi connectivity index (χ0v) is 9.76. The third kappa shape index (κ3) is 2.26. The Bertz CT molecular complexity index is 373. The molecule has 78 valence electrons. The molecule has 0 aliphatic heterocycles. The van der Waals surface area contributed by atoms with E-state index >= 15 is 0 Å². The number of ether oxygens (including phenoxy) is 1. The molecule has 0 aliphatic carbocycles. The minimum Gasteiger partial charge on any atom is -0.480 e. The van der Waals surface area contributed by atoms with E-state index in [4.69, 9.17) is 4.74 Å². The van der Waals surface area contributed by atoms with Crippen LogP contribution in [-0.4, -0.2) is 32.5 Å². The van der Waals surface area contributed by atoms with E-state index in [0.29, 0.717) is 11.3 Å². The highest BCUT2D eigenvalue weighted by atomic mass is 31.2. The fourth-order valence-corrected chi connectivity index (χ4v) is 1.84. The summed E-state index contributed by atoms with van der Waals surface area (Å²) < 4.78 is 16.8. The second kappa shape index (κ2) is 4.01. The number of hydrogen-bond acceptors (Lipinski definition) is 4. The average Bonchev–Trinajstić information content (AvgIpc) is 2.15. The van der Waals surface area contributed by atoms with Crippen LogP contribution in [0.3, 0.4) is 0 Å². The maximum atomic E-state index is 11.7. The summed E-state index contributed by atoms with van der Waals surface area (Å²) in [4.78, 5) is 4.19. The Morgan fingerprint density at radius 2 is 2.07 bits per heavy atom. The number of methoxy groups -OCH3 is 1. The topological polar surface area (TPSA) is 51.2 Å². The number of hydrogen-bond donors (Lipinski definition) is 1. The lowest BCUT2D eigenvalue weighted by atomic mass is 10.4. The quantitative estimate of drug-likeness (QED) is 0.772. The van der Waals surface area contributed by atoms with Crippen LogP contribution < -0.4 is 15.5 Å². The summed E-state index contributed by atoms with van der Waals surface area (Å²) in [5.74, 6) is 0.480. The Balaban J connectivity index is 3.21. The number of aromatic nitrogens is 1. The smallest absolute Gasteiger partial charge is 0.237 e. The zero-order chi connectivity index (χ0) is 10.8. The van der Waals surface area contributed by atoms with Gasteiger partial charge >= 0.3 is 0 Å². The second-order valence-electron chi connectivity index (χ2n) is 3.33. The third-order valence-corrected chi connectivity index (χ3v) is 3.21. The Labute approximate surface area is 84.1 Å². The van der Waals surface area contributed by atoms with Crippen molar-refractivity contribution in [3.05, 3.63) is 12.1 Å². The van der Waals surface area contributed by atoms with Gasteiger partial charge in [0.2, 0.25) is 5.88 Å². The van der Waals surface area contributed by atoms with Gasteiger partial charge in [-0.25, -0.2) is 4.98 Å². The molecule has 5 heteroatoms. The van der Waals surface area contributed by atoms with Gasteiger partial charge in [0.15, 0.2) is 0 Å². The summed E-state index contributed by atoms with van der Waals surface area (Å²) in [5.41, 5.74) is 1.39. The lowest BCUT2D eigenvalue weighted by Crippen LogP contribution is -2.10. The van der Waals surface area contributed by atoms with Gasteiger partial charge in [0, 0.05) is 7.05 Å². The molecule has 0 bridgehead atoms. The molecule has 4 nitrogen and oxygen atoms in total. The van der Waals surface area contributed by atoms with Crippen molar-refractivity contribution in [2.75, 3.05) is 32.8 Å². The molecule has 0 fully saturated rings. The van der Waals surface area contributed by atoms with E-state index in [2.05, 4.69) is 10.3 Å². The van der Waals surface area contributed by atoms with Gasteiger partial charge in [-0.05, 0) is 25.5 Å². The summed E-state index contributed by atoms with van der Waals surface area (Å²) in [5, 5.41) is 2.95. The van der Waals surface area contributed by atoms with Crippen LogP contribution in [0, 0.1) is 0 Å². The Hall–Kier alpha value is -1.02. The van der Waals surface area contributed by atoms with Crippen molar-refractivity contribution in [2.24, 2.45) is 0 Å². The zero-order valence-electron chi connectivity index (χ0n) is 8.87. The maximum absolute atomic E-state index is 11.7. The van der Waals surface area contributed by atoms with Gasteiger partial charge in [-0.1, -0.05) is 0 Å². The molecule has 0 amide bonds. The summed E-state index contributed by atoms with van der Waals surface area (Å²) in [6.45, 7) is 3.38. The lowest BCUT2D eigenvalue weighted by molar-refractivity contribution is 0.401. The summed E-state index contributed by atoms with van der Waals surface area (Å²) in [6, 6.07) is 3.58. The molecule has 1 N–H and O–H groups in total. The average molecular weight is 214 g/mol. The highest BCUT2D eigenvalue weighted by molar-refractivity contribution is 7.69. The summed E-state index contributed by atoms with van der Waals surface area (Å²) >= 11 is 0. The molecule has 1 heterocycles. The molecule has 1 aromatic rings. The van der Waals surface area contributed by atoms with Crippen molar-refractivity contribution in [1.82, 2.24) is 4.98 Å². The number of nitrogens with one attached hydrogen (secondary N) is 1. The standard InChI is InChI=1S/C9H15N2O2P/c1-10-7-5-6-8(14(3,4)12)11-9(7)13-2/h5-6,10H,1-4H3. The molecule has 0 saturated heterocycles. The minimum atomic E-state index is -2.31. The van der Waals surface area contributed by atoms with E-state index in [-0.39, 0.29) is 0 Å². The van der Waals surface area contributed by atoms with Crippen LogP contribution in [0.25, 0.3) is 0 Å². The van der Waals surface area contributed by atoms with Crippen molar-refractivity contribution >= 4 is 18.3 Å². The Kier molecular flexibility index (Phi) is 3.17. The van der Waals surface area contributed by atoms with Gasteiger partial charge in [0.25, 0.3) is 0 Å². The minimum absolute atomic E-state index is 0.480. The molecular formula is C9H15N2O2P. The van der Waals surface area contributed by atoms with E-state index in [1.807, 2.05) is 6.07 Å². The van der Waals surface area contributed by atoms with Crippen molar-refractivity contribution in [3.8, 4) is 5.88 Å². The predicted molar refractivity (Wildman–Crippen MR) is 59.4 cm³/mol. The van der Waals surface area contributed by atoms with Gasteiger partial charge in [0.1, 0.15) is 12.6 Å². The van der Waals surface area contributed by atoms with Crippen molar-refractivity contribution in [1.29, 1.82) is 0 Å². The van der Waals surface area contributed by atoms with Gasteiger partial charge in [-0.2, -0.15) is 0 Å². The van der Waals surface area contributed by atoms with Gasteiger partial charge in [0.05, 0.1) is 12.8 Å². The van der Waals surface area contributed by atoms with Crippen LogP contribution in [0.2, 0.25) is 0 Å². The number of nitrogens with zero attached hydrogens (tertiary/aromatic N) is 1. The van der Waals surface area contributed by atoms with Crippen LogP contribution >= 0.6 is 7.14 Å².